The lowest BCUT2D eigenvalue weighted by molar-refractivity contribution is -0.754. The van der Waals surface area contributed by atoms with Gasteiger partial charge in [0.15, 0.2) is 11.1 Å². The summed E-state index contributed by atoms with van der Waals surface area (Å²) in [5.41, 5.74) is -1.03. The van der Waals surface area contributed by atoms with Gasteiger partial charge in [-0.25, -0.2) is 0 Å². The van der Waals surface area contributed by atoms with Crippen molar-refractivity contribution in [3.63, 3.8) is 0 Å². The Morgan fingerprint density at radius 3 is 1.36 bits per heavy atom. The molecule has 2 N–H and O–H groups in total. The fourth-order valence-corrected chi connectivity index (χ4v) is 0.967. The molecule has 0 atom stereocenters. The van der Waals surface area contributed by atoms with Gasteiger partial charge in [0.2, 0.25) is 0 Å². The van der Waals surface area contributed by atoms with Gasteiger partial charge < -0.3 is 5.32 Å². The zero-order valence-corrected chi connectivity index (χ0v) is 7.47. The largest absolute Gasteiger partial charge is 0.314 e. The van der Waals surface area contributed by atoms with E-state index in [0.717, 1.165) is 0 Å². The zero-order chi connectivity index (χ0) is 9.12. The Morgan fingerprint density at radius 2 is 1.18 bits per heavy atom. The fraction of sp³-hybridized carbons (Fsp3) is 0.750. The third-order valence-corrected chi connectivity index (χ3v) is 1.30. The minimum atomic E-state index is -0.515. The van der Waals surface area contributed by atoms with Gasteiger partial charge >= 0.3 is 0 Å². The minimum Gasteiger partial charge on any atom is -0.314 e. The highest BCUT2D eigenvalue weighted by Gasteiger charge is 2.31. The van der Waals surface area contributed by atoms with Crippen LogP contribution in [0.15, 0.2) is 0 Å². The van der Waals surface area contributed by atoms with Crippen LogP contribution in [0.1, 0.15) is 27.7 Å². The third-order valence-electron chi connectivity index (χ3n) is 1.30. The van der Waals surface area contributed by atoms with E-state index in [2.05, 4.69) is 12.1 Å². The van der Waals surface area contributed by atoms with Gasteiger partial charge in [-0.05, 0) is 0 Å². The van der Waals surface area contributed by atoms with E-state index in [9.17, 15) is 0 Å². The fourth-order valence-electron chi connectivity index (χ4n) is 0.967. The Morgan fingerprint density at radius 1 is 0.909 bits per heavy atom. The maximum absolute atomic E-state index is 8.66. The van der Waals surface area contributed by atoms with E-state index in [-0.39, 0.29) is 0 Å². The number of nitrogens with zero attached hydrogens (tertiary/aromatic N) is 2. The lowest BCUT2D eigenvalue weighted by Crippen LogP contribution is -3.03. The van der Waals surface area contributed by atoms with Crippen LogP contribution in [0.2, 0.25) is 0 Å². The molecule has 60 valence electrons. The predicted octanol–water partition coefficient (Wildman–Crippen LogP) is 0.154. The topological polar surface area (TPSA) is 64.2 Å². The van der Waals surface area contributed by atoms with Gasteiger partial charge in [-0.2, -0.15) is 10.5 Å². The van der Waals surface area contributed by atoms with Crippen molar-refractivity contribution in [3.8, 4) is 12.1 Å². The van der Waals surface area contributed by atoms with Gasteiger partial charge in [0, 0.05) is 27.7 Å². The van der Waals surface area contributed by atoms with Crippen LogP contribution in [0.25, 0.3) is 0 Å². The molecule has 0 heterocycles. The molecule has 0 aromatic carbocycles. The summed E-state index contributed by atoms with van der Waals surface area (Å²) < 4.78 is 0. The summed E-state index contributed by atoms with van der Waals surface area (Å²) >= 11 is 0. The molecule has 0 amide bonds. The highest BCUT2D eigenvalue weighted by Crippen LogP contribution is 1.97. The van der Waals surface area contributed by atoms with E-state index in [4.69, 9.17) is 10.5 Å². The first-order valence-corrected chi connectivity index (χ1v) is 3.52. The first kappa shape index (κ1) is 9.94. The maximum atomic E-state index is 8.66. The van der Waals surface area contributed by atoms with Crippen molar-refractivity contribution in [2.45, 2.75) is 38.8 Å². The zero-order valence-electron chi connectivity index (χ0n) is 7.47. The van der Waals surface area contributed by atoms with Crippen molar-refractivity contribution < 1.29 is 5.32 Å². The number of rotatable bonds is 2. The molecule has 3 nitrogen and oxygen atoms in total. The molecule has 0 aromatic rings. The van der Waals surface area contributed by atoms with Gasteiger partial charge in [0.25, 0.3) is 0 Å². The average Bonchev–Trinajstić information content (AvgIpc) is 1.86. The van der Waals surface area contributed by atoms with Crippen LogP contribution in [-0.2, 0) is 0 Å². The molecule has 0 unspecified atom stereocenters. The molecular formula is C8H14N3+. The van der Waals surface area contributed by atoms with E-state index in [1.54, 1.807) is 33.0 Å². The molecule has 0 rings (SSSR count). The molecule has 11 heavy (non-hydrogen) atoms. The molecular weight excluding hydrogens is 138 g/mol. The van der Waals surface area contributed by atoms with Crippen LogP contribution < -0.4 is 5.32 Å². The van der Waals surface area contributed by atoms with Gasteiger partial charge in [-0.15, -0.1) is 0 Å². The molecule has 0 radical (unpaired) electrons. The van der Waals surface area contributed by atoms with Crippen molar-refractivity contribution in [2.75, 3.05) is 0 Å². The number of nitrogens with two attached hydrogens (primary N) is 1. The van der Waals surface area contributed by atoms with Crippen LogP contribution in [0.5, 0.6) is 0 Å². The van der Waals surface area contributed by atoms with Crippen molar-refractivity contribution in [1.29, 1.82) is 10.5 Å². The Hall–Kier alpha value is -1.06. The van der Waals surface area contributed by atoms with Crippen LogP contribution in [0.3, 0.4) is 0 Å². The van der Waals surface area contributed by atoms with Crippen LogP contribution in [0, 0.1) is 22.7 Å². The standard InChI is InChI=1S/C8H13N3/c1-7(2,5-9)11-8(3,4)6-10/h11H,1-4H3/p+1. The van der Waals surface area contributed by atoms with Crippen LogP contribution in [0.4, 0.5) is 0 Å². The van der Waals surface area contributed by atoms with E-state index in [1.165, 1.54) is 0 Å². The van der Waals surface area contributed by atoms with Crippen molar-refractivity contribution in [3.05, 3.63) is 0 Å². The first-order valence-electron chi connectivity index (χ1n) is 3.52. The highest BCUT2D eigenvalue weighted by molar-refractivity contribution is 4.97. The maximum Gasteiger partial charge on any atom is 0.178 e. The summed E-state index contributed by atoms with van der Waals surface area (Å²) in [6.45, 7) is 7.19. The Balaban J connectivity index is 4.31. The van der Waals surface area contributed by atoms with Gasteiger partial charge in [0.05, 0.1) is 0 Å². The molecule has 3 heteroatoms. The second-order valence-corrected chi connectivity index (χ2v) is 3.81. The second-order valence-electron chi connectivity index (χ2n) is 3.81. The number of nitriles is 2. The summed E-state index contributed by atoms with van der Waals surface area (Å²) in [5.74, 6) is 0. The Bertz CT molecular complexity index is 190. The average molecular weight is 152 g/mol. The molecule has 0 aliphatic heterocycles. The van der Waals surface area contributed by atoms with E-state index in [0.29, 0.717) is 0 Å². The summed E-state index contributed by atoms with van der Waals surface area (Å²) in [7, 11) is 0. The minimum absolute atomic E-state index is 0.515. The summed E-state index contributed by atoms with van der Waals surface area (Å²) in [5, 5.41) is 19.1. The van der Waals surface area contributed by atoms with Gasteiger partial charge in [0.1, 0.15) is 12.1 Å². The smallest absolute Gasteiger partial charge is 0.178 e. The van der Waals surface area contributed by atoms with E-state index in [1.807, 2.05) is 0 Å². The Labute approximate surface area is 67.6 Å². The second kappa shape index (κ2) is 2.90. The molecule has 0 saturated heterocycles. The number of quaternary nitrogens is 1. The van der Waals surface area contributed by atoms with E-state index < -0.39 is 11.1 Å². The normalized spacial score (nSPS) is 11.8. The molecule has 0 aliphatic carbocycles. The van der Waals surface area contributed by atoms with E-state index >= 15 is 0 Å². The van der Waals surface area contributed by atoms with Crippen LogP contribution in [-0.4, -0.2) is 11.1 Å². The molecule has 0 aliphatic rings. The highest BCUT2D eigenvalue weighted by atomic mass is 15.0. The summed E-state index contributed by atoms with van der Waals surface area (Å²) in [6, 6.07) is 4.25. The van der Waals surface area contributed by atoms with Crippen molar-refractivity contribution in [1.82, 2.24) is 0 Å². The lowest BCUT2D eigenvalue weighted by atomic mass is 10.0. The summed E-state index contributed by atoms with van der Waals surface area (Å²) in [4.78, 5) is 0. The first-order chi connectivity index (χ1) is 4.83. The van der Waals surface area contributed by atoms with Crippen molar-refractivity contribution >= 4 is 0 Å². The summed E-state index contributed by atoms with van der Waals surface area (Å²) in [6.07, 6.45) is 0. The molecule has 0 bridgehead atoms. The van der Waals surface area contributed by atoms with Crippen LogP contribution >= 0.6 is 0 Å². The number of hydrogen-bond acceptors (Lipinski definition) is 2. The molecule has 0 spiro atoms. The van der Waals surface area contributed by atoms with Gasteiger partial charge in [-0.1, -0.05) is 0 Å². The third kappa shape index (κ3) is 3.60. The van der Waals surface area contributed by atoms with Gasteiger partial charge in [-0.3, -0.25) is 0 Å². The quantitative estimate of drug-likeness (QED) is 0.612. The lowest BCUT2D eigenvalue weighted by Gasteiger charge is -2.22. The number of hydrogen-bond donors (Lipinski definition) is 1. The molecule has 0 fully saturated rings. The predicted molar refractivity (Wildman–Crippen MR) is 41.3 cm³/mol. The monoisotopic (exact) mass is 152 g/mol. The molecule has 0 saturated carbocycles. The Kier molecular flexibility index (Phi) is 2.62. The molecule has 0 aromatic heterocycles. The van der Waals surface area contributed by atoms with Crippen molar-refractivity contribution in [2.24, 2.45) is 0 Å². The SMILES string of the molecule is CC(C)(C#N)[NH2+]C(C)(C)C#N.